The van der Waals surface area contributed by atoms with Crippen molar-refractivity contribution in [1.29, 1.82) is 0 Å². The molecular formula is C29H27Cl2N7O. The summed E-state index contributed by atoms with van der Waals surface area (Å²) in [5, 5.41) is 8.60. The second-order valence-electron chi connectivity index (χ2n) is 9.76. The standard InChI is InChI=1S/C29H27Cl2N7O/c1-17(27-36-24-10-9-18(30)12-26(24)37-27)35-28-22-13-23(31)21(14-25(22)33-16-34-28)29(39)38-11-5-8-20(38)15-32-19-6-3-2-4-7-19/h2-4,6-7,9-10,12-14,16-17,20,32H,5,8,11,15H2,1H3,(H,36,37)(H,33,34,35)/t17-,20-/m1/s1. The number of likely N-dealkylation sites (tertiary alicyclic amines) is 1. The fourth-order valence-electron chi connectivity index (χ4n) is 5.10. The zero-order chi connectivity index (χ0) is 26.9. The number of aromatic nitrogens is 4. The predicted octanol–water partition coefficient (Wildman–Crippen LogP) is 6.70. The first kappa shape index (κ1) is 25.4. The number of fused-ring (bicyclic) bond motifs is 2. The lowest BCUT2D eigenvalue weighted by atomic mass is 10.1. The number of para-hydroxylation sites is 1. The van der Waals surface area contributed by atoms with Crippen molar-refractivity contribution in [1.82, 2.24) is 24.8 Å². The molecule has 0 bridgehead atoms. The first-order valence-electron chi connectivity index (χ1n) is 12.9. The lowest BCUT2D eigenvalue weighted by Crippen LogP contribution is -2.39. The second kappa shape index (κ2) is 10.7. The number of benzene rings is 3. The van der Waals surface area contributed by atoms with Crippen LogP contribution in [0.1, 0.15) is 42.0 Å². The maximum atomic E-state index is 13.6. The molecule has 6 rings (SSSR count). The first-order chi connectivity index (χ1) is 19.0. The topological polar surface area (TPSA) is 98.8 Å². The first-order valence-corrected chi connectivity index (χ1v) is 13.7. The number of amides is 1. The fraction of sp³-hybridized carbons (Fsp3) is 0.241. The van der Waals surface area contributed by atoms with Gasteiger partial charge in [-0.25, -0.2) is 15.0 Å². The van der Waals surface area contributed by atoms with Gasteiger partial charge in [-0.3, -0.25) is 4.79 Å². The van der Waals surface area contributed by atoms with Crippen molar-refractivity contribution in [2.75, 3.05) is 23.7 Å². The van der Waals surface area contributed by atoms with Gasteiger partial charge in [0.1, 0.15) is 18.0 Å². The van der Waals surface area contributed by atoms with E-state index in [9.17, 15) is 4.79 Å². The molecule has 10 heteroatoms. The fourth-order valence-corrected chi connectivity index (χ4v) is 5.51. The van der Waals surface area contributed by atoms with Gasteiger partial charge in [-0.05, 0) is 62.2 Å². The predicted molar refractivity (Wildman–Crippen MR) is 157 cm³/mol. The molecule has 39 heavy (non-hydrogen) atoms. The third-order valence-electron chi connectivity index (χ3n) is 7.13. The molecule has 5 aromatic rings. The number of halogens is 2. The van der Waals surface area contributed by atoms with Crippen molar-refractivity contribution in [3.63, 3.8) is 0 Å². The second-order valence-corrected chi connectivity index (χ2v) is 10.6. The normalized spacial score (nSPS) is 16.1. The van der Waals surface area contributed by atoms with Crippen LogP contribution in [-0.4, -0.2) is 49.9 Å². The van der Waals surface area contributed by atoms with E-state index >= 15 is 0 Å². The summed E-state index contributed by atoms with van der Waals surface area (Å²) in [6.45, 7) is 3.37. The highest BCUT2D eigenvalue weighted by Crippen LogP contribution is 2.31. The van der Waals surface area contributed by atoms with E-state index in [1.54, 1.807) is 12.1 Å². The molecule has 0 spiro atoms. The van der Waals surface area contributed by atoms with Gasteiger partial charge in [-0.1, -0.05) is 41.4 Å². The lowest BCUT2D eigenvalue weighted by Gasteiger charge is -2.26. The Bertz CT molecular complexity index is 1660. The van der Waals surface area contributed by atoms with Crippen molar-refractivity contribution in [3.8, 4) is 0 Å². The van der Waals surface area contributed by atoms with Crippen LogP contribution in [-0.2, 0) is 0 Å². The van der Waals surface area contributed by atoms with Crippen LogP contribution in [0.4, 0.5) is 11.5 Å². The Hall–Kier alpha value is -3.88. The number of hydrogen-bond acceptors (Lipinski definition) is 6. The van der Waals surface area contributed by atoms with Crippen molar-refractivity contribution in [2.45, 2.75) is 31.8 Å². The molecular weight excluding hydrogens is 533 g/mol. The van der Waals surface area contributed by atoms with E-state index < -0.39 is 0 Å². The van der Waals surface area contributed by atoms with Crippen molar-refractivity contribution >= 4 is 62.6 Å². The number of nitrogens with zero attached hydrogens (tertiary/aromatic N) is 4. The summed E-state index contributed by atoms with van der Waals surface area (Å²) in [6.07, 6.45) is 3.39. The molecule has 1 fully saturated rings. The maximum Gasteiger partial charge on any atom is 0.255 e. The van der Waals surface area contributed by atoms with E-state index in [1.807, 2.05) is 60.4 Å². The summed E-state index contributed by atoms with van der Waals surface area (Å²) < 4.78 is 0. The number of imidazole rings is 1. The molecule has 2 aromatic heterocycles. The van der Waals surface area contributed by atoms with Crippen LogP contribution < -0.4 is 10.6 Å². The van der Waals surface area contributed by atoms with Crippen molar-refractivity contribution < 1.29 is 4.79 Å². The minimum atomic E-state index is -0.183. The number of hydrogen-bond donors (Lipinski definition) is 3. The minimum absolute atomic E-state index is 0.0818. The molecule has 2 atom stereocenters. The van der Waals surface area contributed by atoms with Crippen LogP contribution in [0, 0.1) is 0 Å². The molecule has 198 valence electrons. The van der Waals surface area contributed by atoms with Crippen molar-refractivity contribution in [2.24, 2.45) is 0 Å². The zero-order valence-electron chi connectivity index (χ0n) is 21.3. The highest BCUT2D eigenvalue weighted by molar-refractivity contribution is 6.35. The van der Waals surface area contributed by atoms with Crippen LogP contribution in [0.5, 0.6) is 0 Å². The van der Waals surface area contributed by atoms with Crippen LogP contribution in [0.2, 0.25) is 10.0 Å². The molecule has 3 heterocycles. The molecule has 0 radical (unpaired) electrons. The third-order valence-corrected chi connectivity index (χ3v) is 7.68. The quantitative estimate of drug-likeness (QED) is 0.205. The third kappa shape index (κ3) is 5.22. The summed E-state index contributed by atoms with van der Waals surface area (Å²) in [6, 6.07) is 19.0. The van der Waals surface area contributed by atoms with E-state index in [4.69, 9.17) is 23.2 Å². The van der Waals surface area contributed by atoms with Crippen LogP contribution in [0.3, 0.4) is 0 Å². The number of H-pyrrole nitrogens is 1. The molecule has 1 saturated heterocycles. The Balaban J connectivity index is 1.22. The van der Waals surface area contributed by atoms with E-state index in [1.165, 1.54) is 6.33 Å². The molecule has 1 aliphatic rings. The molecule has 8 nitrogen and oxygen atoms in total. The number of carbonyl (C=O) groups excluding carboxylic acids is 1. The van der Waals surface area contributed by atoms with Gasteiger partial charge in [0.2, 0.25) is 0 Å². The number of aromatic amines is 1. The monoisotopic (exact) mass is 559 g/mol. The van der Waals surface area contributed by atoms with Gasteiger partial charge in [0.15, 0.2) is 0 Å². The molecule has 0 saturated carbocycles. The molecule has 3 aromatic carbocycles. The van der Waals surface area contributed by atoms with Gasteiger partial charge in [0.05, 0.1) is 33.2 Å². The van der Waals surface area contributed by atoms with Crippen LogP contribution >= 0.6 is 23.2 Å². The van der Waals surface area contributed by atoms with Gasteiger partial charge in [0.25, 0.3) is 5.91 Å². The zero-order valence-corrected chi connectivity index (χ0v) is 22.8. The number of anilines is 2. The average molecular weight is 560 g/mol. The number of nitrogens with one attached hydrogen (secondary N) is 3. The van der Waals surface area contributed by atoms with E-state index in [0.29, 0.717) is 40.0 Å². The molecule has 3 N–H and O–H groups in total. The smallest absolute Gasteiger partial charge is 0.255 e. The summed E-state index contributed by atoms with van der Waals surface area (Å²) in [5.41, 5.74) is 3.83. The Morgan fingerprint density at radius 3 is 2.79 bits per heavy atom. The van der Waals surface area contributed by atoms with E-state index in [0.717, 1.165) is 40.8 Å². The number of rotatable bonds is 7. The lowest BCUT2D eigenvalue weighted by molar-refractivity contribution is 0.0744. The Morgan fingerprint density at radius 1 is 1.10 bits per heavy atom. The Labute approximate surface area is 235 Å². The van der Waals surface area contributed by atoms with Gasteiger partial charge < -0.3 is 20.5 Å². The van der Waals surface area contributed by atoms with Crippen LogP contribution in [0.25, 0.3) is 21.9 Å². The Morgan fingerprint density at radius 2 is 1.95 bits per heavy atom. The van der Waals surface area contributed by atoms with Gasteiger partial charge in [-0.2, -0.15) is 0 Å². The Kier molecular flexibility index (Phi) is 6.97. The largest absolute Gasteiger partial charge is 0.383 e. The highest BCUT2D eigenvalue weighted by Gasteiger charge is 2.30. The maximum absolute atomic E-state index is 13.6. The van der Waals surface area contributed by atoms with E-state index in [2.05, 4.69) is 30.6 Å². The summed E-state index contributed by atoms with van der Waals surface area (Å²) in [7, 11) is 0. The van der Waals surface area contributed by atoms with Crippen LogP contribution in [0.15, 0.2) is 67.0 Å². The SMILES string of the molecule is C[C@@H](Nc1ncnc2cc(C(=O)N3CCC[C@@H]3CNc3ccccc3)c(Cl)cc12)c1nc2ccc(Cl)cc2[nH]1. The molecule has 1 amide bonds. The van der Waals surface area contributed by atoms with Gasteiger partial charge in [0, 0.05) is 35.2 Å². The van der Waals surface area contributed by atoms with Crippen molar-refractivity contribution in [3.05, 3.63) is 88.4 Å². The molecule has 0 aliphatic carbocycles. The molecule has 0 unspecified atom stereocenters. The van der Waals surface area contributed by atoms with Gasteiger partial charge in [-0.15, -0.1) is 0 Å². The van der Waals surface area contributed by atoms with Gasteiger partial charge >= 0.3 is 0 Å². The number of carbonyl (C=O) groups is 1. The van der Waals surface area contributed by atoms with E-state index in [-0.39, 0.29) is 18.0 Å². The summed E-state index contributed by atoms with van der Waals surface area (Å²) in [4.78, 5) is 32.4. The molecule has 1 aliphatic heterocycles. The average Bonchev–Trinajstić information content (AvgIpc) is 3.59. The minimum Gasteiger partial charge on any atom is -0.383 e. The highest BCUT2D eigenvalue weighted by atomic mass is 35.5. The summed E-state index contributed by atoms with van der Waals surface area (Å²) in [5.74, 6) is 1.28. The summed E-state index contributed by atoms with van der Waals surface area (Å²) >= 11 is 12.8.